The monoisotopic (exact) mass is 504 g/mol. The van der Waals surface area contributed by atoms with Gasteiger partial charge in [0.05, 0.1) is 19.8 Å². The molecular weight excluding hydrogens is 472 g/mol. The van der Waals surface area contributed by atoms with Crippen LogP contribution in [0.1, 0.15) is 0 Å². The van der Waals surface area contributed by atoms with E-state index in [9.17, 15) is 55.9 Å². The van der Waals surface area contributed by atoms with E-state index in [1.54, 1.807) is 0 Å². The Morgan fingerprint density at radius 2 is 1.26 bits per heavy atom. The van der Waals surface area contributed by atoms with E-state index in [2.05, 4.69) is 0 Å². The van der Waals surface area contributed by atoms with Gasteiger partial charge in [0, 0.05) is 0 Å². The van der Waals surface area contributed by atoms with E-state index in [0.29, 0.717) is 0 Å². The lowest BCUT2D eigenvalue weighted by atomic mass is 9.97. The molecule has 0 bridgehead atoms. The molecule has 0 unspecified atom stereocenters. The van der Waals surface area contributed by atoms with Gasteiger partial charge in [0.2, 0.25) is 0 Å². The average molecular weight is 504 g/mol. The van der Waals surface area contributed by atoms with Crippen LogP contribution >= 0.6 is 0 Å². The molecular formula is C18H32O16. The lowest BCUT2D eigenvalue weighted by molar-refractivity contribution is -0.372. The Kier molecular flexibility index (Phi) is 11.1. The van der Waals surface area contributed by atoms with Crippen molar-refractivity contribution in [2.45, 2.75) is 85.8 Å². The Bertz CT molecular complexity index is 623. The summed E-state index contributed by atoms with van der Waals surface area (Å²) in [6.45, 7) is -2.61. The van der Waals surface area contributed by atoms with Crippen LogP contribution in [0.2, 0.25) is 0 Å². The van der Waals surface area contributed by atoms with Gasteiger partial charge in [-0.3, -0.25) is 0 Å². The maximum atomic E-state index is 11.5. The Balaban J connectivity index is 2.26. The minimum absolute atomic E-state index is 0.00235. The zero-order valence-corrected chi connectivity index (χ0v) is 17.7. The van der Waals surface area contributed by atoms with Crippen LogP contribution in [0.5, 0.6) is 0 Å². The van der Waals surface area contributed by atoms with Crippen LogP contribution in [0.25, 0.3) is 0 Å². The summed E-state index contributed by atoms with van der Waals surface area (Å²) in [5, 5.41) is 108. The first-order valence-corrected chi connectivity index (χ1v) is 10.4. The fourth-order valence-electron chi connectivity index (χ4n) is 3.52. The fraction of sp³-hybridized carbons (Fsp3) is 0.944. The molecule has 11 N–H and O–H groups in total. The van der Waals surface area contributed by atoms with Crippen molar-refractivity contribution in [1.29, 1.82) is 0 Å². The van der Waals surface area contributed by atoms with Crippen molar-refractivity contribution in [3.05, 3.63) is 0 Å². The van der Waals surface area contributed by atoms with E-state index in [0.717, 1.165) is 0 Å². The second-order valence-electron chi connectivity index (χ2n) is 7.97. The number of aliphatic hydroxyl groups excluding tert-OH is 11. The first-order chi connectivity index (χ1) is 16.0. The van der Waals surface area contributed by atoms with Gasteiger partial charge in [-0.05, 0) is 0 Å². The second kappa shape index (κ2) is 12.9. The molecule has 2 aliphatic rings. The van der Waals surface area contributed by atoms with Crippen molar-refractivity contribution in [1.82, 2.24) is 0 Å². The number of hydrogen-bond acceptors (Lipinski definition) is 16. The lowest BCUT2D eigenvalue weighted by Crippen LogP contribution is -2.65. The summed E-state index contributed by atoms with van der Waals surface area (Å²) in [6, 6.07) is 0. The van der Waals surface area contributed by atoms with Crippen LogP contribution in [0.3, 0.4) is 0 Å². The third kappa shape index (κ3) is 6.25. The standard InChI is InChI=1S/C18H32O16/c19-1-5(23)9(24)10(25)6(2-20)32-18-16(14(29)12(27)8(4-22)33-18)34-17-15(30)13(28)11(26)7(3-21)31-17/h2,5-19,21-30H,1,3-4H2/t5-,6+,7-,8-,9-,10-,11+,12+,13+,14+,15-,16-,17+,18-/m1/s1. The predicted octanol–water partition coefficient (Wildman–Crippen LogP) is -7.73. The van der Waals surface area contributed by atoms with Gasteiger partial charge in [-0.2, -0.15) is 0 Å². The SMILES string of the molecule is O=C[C@H](O[C@@H]1O[C@H](CO)[C@H](O)[C@H](O)[C@H]1O[C@@H]1O[C@H](CO)[C@H](O)[C@H](O)[C@H]1O)[C@@H](O)[C@H](O)[C@H](O)CO. The summed E-state index contributed by atoms with van der Waals surface area (Å²) in [7, 11) is 0. The zero-order valence-electron chi connectivity index (χ0n) is 17.7. The molecule has 0 radical (unpaired) electrons. The van der Waals surface area contributed by atoms with Gasteiger partial charge in [0.1, 0.15) is 73.2 Å². The van der Waals surface area contributed by atoms with E-state index >= 15 is 0 Å². The highest BCUT2D eigenvalue weighted by Crippen LogP contribution is 2.30. The predicted molar refractivity (Wildman–Crippen MR) is 102 cm³/mol. The third-order valence-corrected chi connectivity index (χ3v) is 5.66. The van der Waals surface area contributed by atoms with Crippen LogP contribution in [-0.4, -0.2) is 168 Å². The molecule has 0 aromatic rings. The van der Waals surface area contributed by atoms with E-state index < -0.39 is 106 Å². The first-order valence-electron chi connectivity index (χ1n) is 10.4. The molecule has 0 aromatic carbocycles. The van der Waals surface area contributed by atoms with Gasteiger partial charge >= 0.3 is 0 Å². The molecule has 16 heteroatoms. The van der Waals surface area contributed by atoms with Gasteiger partial charge in [-0.25, -0.2) is 0 Å². The van der Waals surface area contributed by atoms with Crippen molar-refractivity contribution in [3.63, 3.8) is 0 Å². The Labute approximate surface area is 192 Å². The van der Waals surface area contributed by atoms with Crippen molar-refractivity contribution in [2.24, 2.45) is 0 Å². The largest absolute Gasteiger partial charge is 0.394 e. The van der Waals surface area contributed by atoms with Gasteiger partial charge < -0.3 is 79.9 Å². The highest BCUT2D eigenvalue weighted by molar-refractivity contribution is 5.57. The molecule has 0 saturated carbocycles. The zero-order chi connectivity index (χ0) is 25.7. The number of ether oxygens (including phenoxy) is 4. The molecule has 2 rings (SSSR count). The van der Waals surface area contributed by atoms with E-state index in [-0.39, 0.29) is 6.29 Å². The maximum Gasteiger partial charge on any atom is 0.188 e. The molecule has 0 aliphatic carbocycles. The molecule has 14 atom stereocenters. The summed E-state index contributed by atoms with van der Waals surface area (Å²) in [5.74, 6) is 0. The quantitative estimate of drug-likeness (QED) is 0.117. The second-order valence-corrected chi connectivity index (χ2v) is 7.97. The Morgan fingerprint density at radius 1 is 0.735 bits per heavy atom. The maximum absolute atomic E-state index is 11.5. The van der Waals surface area contributed by atoms with Crippen molar-refractivity contribution in [3.8, 4) is 0 Å². The minimum atomic E-state index is -2.12. The summed E-state index contributed by atoms with van der Waals surface area (Å²) >= 11 is 0. The number of carbonyl (C=O) groups excluding carboxylic acids is 1. The molecule has 2 heterocycles. The number of carbonyl (C=O) groups is 1. The molecule has 200 valence electrons. The highest BCUT2D eigenvalue weighted by Gasteiger charge is 2.51. The van der Waals surface area contributed by atoms with Crippen molar-refractivity contribution >= 4 is 6.29 Å². The van der Waals surface area contributed by atoms with Gasteiger partial charge in [0.25, 0.3) is 0 Å². The van der Waals surface area contributed by atoms with Crippen molar-refractivity contribution in [2.75, 3.05) is 19.8 Å². The van der Waals surface area contributed by atoms with Crippen LogP contribution in [-0.2, 0) is 23.7 Å². The molecule has 0 spiro atoms. The summed E-state index contributed by atoms with van der Waals surface area (Å²) in [6.07, 6.45) is -25.6. The van der Waals surface area contributed by atoms with Crippen molar-refractivity contribution < 1.29 is 79.9 Å². The smallest absolute Gasteiger partial charge is 0.188 e. The fourth-order valence-corrected chi connectivity index (χ4v) is 3.52. The molecule has 2 fully saturated rings. The molecule has 0 amide bonds. The molecule has 16 nitrogen and oxygen atoms in total. The first kappa shape index (κ1) is 29.3. The van der Waals surface area contributed by atoms with Crippen LogP contribution < -0.4 is 0 Å². The molecule has 34 heavy (non-hydrogen) atoms. The van der Waals surface area contributed by atoms with Gasteiger partial charge in [-0.1, -0.05) is 0 Å². The van der Waals surface area contributed by atoms with Crippen LogP contribution in [0.15, 0.2) is 0 Å². The van der Waals surface area contributed by atoms with Crippen LogP contribution in [0.4, 0.5) is 0 Å². The Hall–Kier alpha value is -0.930. The number of hydrogen-bond donors (Lipinski definition) is 11. The highest BCUT2D eigenvalue weighted by atomic mass is 16.8. The number of rotatable bonds is 11. The van der Waals surface area contributed by atoms with E-state index in [4.69, 9.17) is 24.1 Å². The minimum Gasteiger partial charge on any atom is -0.394 e. The normalized spacial score (nSPS) is 42.6. The summed E-state index contributed by atoms with van der Waals surface area (Å²) in [5.41, 5.74) is 0. The van der Waals surface area contributed by atoms with Gasteiger partial charge in [0.15, 0.2) is 18.9 Å². The Morgan fingerprint density at radius 3 is 1.76 bits per heavy atom. The topological polar surface area (TPSA) is 277 Å². The summed E-state index contributed by atoms with van der Waals surface area (Å²) in [4.78, 5) is 11.5. The molecule has 2 saturated heterocycles. The third-order valence-electron chi connectivity index (χ3n) is 5.66. The molecule has 2 aliphatic heterocycles. The van der Waals surface area contributed by atoms with Gasteiger partial charge in [-0.15, -0.1) is 0 Å². The summed E-state index contributed by atoms with van der Waals surface area (Å²) < 4.78 is 21.1. The average Bonchev–Trinajstić information content (AvgIpc) is 2.84. The number of aliphatic hydroxyl groups is 11. The van der Waals surface area contributed by atoms with Crippen LogP contribution in [0, 0.1) is 0 Å². The number of aldehydes is 1. The molecule has 0 aromatic heterocycles. The van der Waals surface area contributed by atoms with E-state index in [1.807, 2.05) is 0 Å². The van der Waals surface area contributed by atoms with E-state index in [1.165, 1.54) is 0 Å². The lowest BCUT2D eigenvalue weighted by Gasteiger charge is -2.46.